The van der Waals surface area contributed by atoms with Crippen molar-refractivity contribution in [1.29, 1.82) is 0 Å². The minimum absolute atomic E-state index is 0.00637. The molecule has 10 heteroatoms. The van der Waals surface area contributed by atoms with E-state index < -0.39 is 17.8 Å². The Morgan fingerprint density at radius 2 is 1.68 bits per heavy atom. The number of thiol groups is 1. The molecule has 0 fully saturated rings. The van der Waals surface area contributed by atoms with Crippen molar-refractivity contribution >= 4 is 47.7 Å². The summed E-state index contributed by atoms with van der Waals surface area (Å²) >= 11 is 15.6. The fourth-order valence-electron chi connectivity index (χ4n) is 1.86. The third kappa shape index (κ3) is 4.87. The number of alkyl halides is 3. The van der Waals surface area contributed by atoms with Crippen molar-refractivity contribution in [2.24, 2.45) is 0 Å². The third-order valence-corrected chi connectivity index (χ3v) is 4.15. The van der Waals surface area contributed by atoms with Gasteiger partial charge >= 0.3 is 12.2 Å². The number of rotatable bonds is 3. The lowest BCUT2D eigenvalue weighted by atomic mass is 10.1. The van der Waals surface area contributed by atoms with Crippen LogP contribution in [0.2, 0.25) is 10.0 Å². The summed E-state index contributed by atoms with van der Waals surface area (Å²) in [7, 11) is 0. The molecule has 0 bridgehead atoms. The number of urea groups is 1. The summed E-state index contributed by atoms with van der Waals surface area (Å²) in [6.45, 7) is -0.00637. The SMILES string of the molecule is O=C(NCc1ccc(C(F)(F)F)cc1)N(S)c1cc(Cl)c(O)c(Cl)c1. The molecule has 0 heterocycles. The monoisotopic (exact) mass is 410 g/mol. The molecule has 2 amide bonds. The van der Waals surface area contributed by atoms with Crippen LogP contribution in [0.1, 0.15) is 11.1 Å². The lowest BCUT2D eigenvalue weighted by Crippen LogP contribution is -2.33. The third-order valence-electron chi connectivity index (χ3n) is 3.16. The Labute approximate surface area is 156 Å². The van der Waals surface area contributed by atoms with E-state index in [-0.39, 0.29) is 28.0 Å². The summed E-state index contributed by atoms with van der Waals surface area (Å²) in [4.78, 5) is 12.1. The van der Waals surface area contributed by atoms with Gasteiger partial charge in [0, 0.05) is 6.54 Å². The average Bonchev–Trinajstić information content (AvgIpc) is 2.56. The van der Waals surface area contributed by atoms with Gasteiger partial charge in [0.25, 0.3) is 0 Å². The van der Waals surface area contributed by atoms with Crippen LogP contribution in [0.5, 0.6) is 5.75 Å². The molecule has 0 aliphatic carbocycles. The number of hydrogen-bond donors (Lipinski definition) is 3. The van der Waals surface area contributed by atoms with E-state index in [0.29, 0.717) is 5.56 Å². The van der Waals surface area contributed by atoms with Crippen molar-refractivity contribution in [1.82, 2.24) is 5.32 Å². The van der Waals surface area contributed by atoms with Crippen molar-refractivity contribution in [2.75, 3.05) is 4.31 Å². The lowest BCUT2D eigenvalue weighted by Gasteiger charge is -2.18. The van der Waals surface area contributed by atoms with Gasteiger partial charge in [-0.1, -0.05) is 48.1 Å². The molecule has 0 saturated carbocycles. The fourth-order valence-corrected chi connectivity index (χ4v) is 2.52. The van der Waals surface area contributed by atoms with Gasteiger partial charge in [0.2, 0.25) is 0 Å². The van der Waals surface area contributed by atoms with E-state index in [1.54, 1.807) is 0 Å². The highest BCUT2D eigenvalue weighted by Gasteiger charge is 2.29. The minimum atomic E-state index is -4.42. The molecule has 2 aromatic carbocycles. The molecule has 2 aromatic rings. The second-order valence-electron chi connectivity index (χ2n) is 4.92. The molecule has 0 spiro atoms. The predicted octanol–water partition coefficient (Wildman–Crippen LogP) is 5.28. The highest BCUT2D eigenvalue weighted by molar-refractivity contribution is 7.82. The van der Waals surface area contributed by atoms with Gasteiger partial charge in [-0.2, -0.15) is 13.2 Å². The lowest BCUT2D eigenvalue weighted by molar-refractivity contribution is -0.137. The largest absolute Gasteiger partial charge is 0.505 e. The van der Waals surface area contributed by atoms with Crippen LogP contribution in [0, 0.1) is 0 Å². The van der Waals surface area contributed by atoms with Crippen LogP contribution >= 0.6 is 36.0 Å². The molecule has 4 nitrogen and oxygen atoms in total. The summed E-state index contributed by atoms with van der Waals surface area (Å²) in [6.07, 6.45) is -4.42. The van der Waals surface area contributed by atoms with Gasteiger partial charge in [0.05, 0.1) is 21.3 Å². The molecule has 0 aliphatic rings. The molecule has 0 saturated heterocycles. The number of carbonyl (C=O) groups is 1. The molecule has 0 unspecified atom stereocenters. The van der Waals surface area contributed by atoms with Crippen LogP contribution in [-0.4, -0.2) is 11.1 Å². The van der Waals surface area contributed by atoms with Crippen molar-refractivity contribution in [3.63, 3.8) is 0 Å². The first-order valence-corrected chi connectivity index (χ1v) is 7.86. The van der Waals surface area contributed by atoms with E-state index in [2.05, 4.69) is 18.1 Å². The molecule has 0 atom stereocenters. The molecular formula is C15H11Cl2F3N2O2S. The number of halogens is 5. The Balaban J connectivity index is 2.02. The van der Waals surface area contributed by atoms with Crippen molar-refractivity contribution in [3.8, 4) is 5.75 Å². The molecule has 0 aromatic heterocycles. The van der Waals surface area contributed by atoms with E-state index in [9.17, 15) is 23.1 Å². The number of carbonyl (C=O) groups excluding carboxylic acids is 1. The number of nitrogens with one attached hydrogen (secondary N) is 1. The number of phenols is 1. The van der Waals surface area contributed by atoms with E-state index in [1.165, 1.54) is 24.3 Å². The van der Waals surface area contributed by atoms with Gasteiger partial charge in [0.15, 0.2) is 5.75 Å². The molecule has 25 heavy (non-hydrogen) atoms. The zero-order valence-corrected chi connectivity index (χ0v) is 14.7. The Hall–Kier alpha value is -1.77. The first kappa shape index (κ1) is 19.6. The number of phenolic OH excluding ortho intramolecular Hbond substituents is 1. The van der Waals surface area contributed by atoms with Crippen LogP contribution in [0.25, 0.3) is 0 Å². The van der Waals surface area contributed by atoms with Gasteiger partial charge in [0.1, 0.15) is 0 Å². The maximum absolute atomic E-state index is 12.5. The normalized spacial score (nSPS) is 11.3. The van der Waals surface area contributed by atoms with Gasteiger partial charge in [-0.25, -0.2) is 9.10 Å². The zero-order chi connectivity index (χ0) is 18.8. The number of anilines is 1. The standard InChI is InChI=1S/C15H11Cl2F3N2O2S/c16-11-5-10(6-12(17)13(11)23)22(25)14(24)21-7-8-1-3-9(4-2-8)15(18,19)20/h1-6,23,25H,7H2,(H,21,24). The van der Waals surface area contributed by atoms with Gasteiger partial charge in [-0.05, 0) is 29.8 Å². The maximum atomic E-state index is 12.5. The summed E-state index contributed by atoms with van der Waals surface area (Å²) < 4.78 is 38.4. The highest BCUT2D eigenvalue weighted by atomic mass is 35.5. The Bertz CT molecular complexity index is 762. The Morgan fingerprint density at radius 3 is 2.16 bits per heavy atom. The average molecular weight is 411 g/mol. The fraction of sp³-hybridized carbons (Fsp3) is 0.133. The molecule has 0 aliphatic heterocycles. The van der Waals surface area contributed by atoms with Gasteiger partial charge in [-0.15, -0.1) is 0 Å². The molecule has 2 rings (SSSR count). The van der Waals surface area contributed by atoms with E-state index in [4.69, 9.17) is 23.2 Å². The maximum Gasteiger partial charge on any atom is 0.416 e. The Morgan fingerprint density at radius 1 is 1.16 bits per heavy atom. The van der Waals surface area contributed by atoms with E-state index in [0.717, 1.165) is 16.4 Å². The molecule has 0 radical (unpaired) electrons. The summed E-state index contributed by atoms with van der Waals surface area (Å²) in [5.74, 6) is -0.320. The minimum Gasteiger partial charge on any atom is -0.505 e. The van der Waals surface area contributed by atoms with Crippen LogP contribution < -0.4 is 9.62 Å². The van der Waals surface area contributed by atoms with Crippen LogP contribution in [-0.2, 0) is 12.7 Å². The van der Waals surface area contributed by atoms with E-state index in [1.807, 2.05) is 0 Å². The number of nitrogens with zero attached hydrogens (tertiary/aromatic N) is 1. The first-order chi connectivity index (χ1) is 11.6. The summed E-state index contributed by atoms with van der Waals surface area (Å²) in [5.41, 5.74) is -0.0855. The van der Waals surface area contributed by atoms with E-state index >= 15 is 0 Å². The topological polar surface area (TPSA) is 52.6 Å². The number of benzene rings is 2. The smallest absolute Gasteiger partial charge is 0.416 e. The van der Waals surface area contributed by atoms with Crippen LogP contribution in [0.3, 0.4) is 0 Å². The second kappa shape index (κ2) is 7.63. The molecule has 2 N–H and O–H groups in total. The van der Waals surface area contributed by atoms with Crippen molar-refractivity contribution in [3.05, 3.63) is 57.6 Å². The number of hydrogen-bond acceptors (Lipinski definition) is 3. The van der Waals surface area contributed by atoms with Crippen molar-refractivity contribution < 1.29 is 23.1 Å². The summed E-state index contributed by atoms with van der Waals surface area (Å²) in [6, 6.07) is 6.31. The molecular weight excluding hydrogens is 400 g/mol. The van der Waals surface area contributed by atoms with Crippen LogP contribution in [0.15, 0.2) is 36.4 Å². The quantitative estimate of drug-likeness (QED) is 0.602. The molecule has 134 valence electrons. The summed E-state index contributed by atoms with van der Waals surface area (Å²) in [5, 5.41) is 11.9. The Kier molecular flexibility index (Phi) is 5.97. The highest BCUT2D eigenvalue weighted by Crippen LogP contribution is 2.36. The second-order valence-corrected chi connectivity index (χ2v) is 6.14. The van der Waals surface area contributed by atoms with Gasteiger partial charge in [-0.3, -0.25) is 0 Å². The first-order valence-electron chi connectivity index (χ1n) is 6.70. The predicted molar refractivity (Wildman–Crippen MR) is 93.3 cm³/mol. The zero-order valence-electron chi connectivity index (χ0n) is 12.3. The number of amides is 2. The van der Waals surface area contributed by atoms with Gasteiger partial charge < -0.3 is 10.4 Å². The number of aromatic hydroxyl groups is 1. The van der Waals surface area contributed by atoms with Crippen molar-refractivity contribution in [2.45, 2.75) is 12.7 Å². The van der Waals surface area contributed by atoms with Crippen LogP contribution in [0.4, 0.5) is 23.7 Å².